The molecule has 0 aromatic heterocycles. The number of methoxy groups -OCH3 is 1. The summed E-state index contributed by atoms with van der Waals surface area (Å²) in [5.74, 6) is 0.453. The van der Waals surface area contributed by atoms with E-state index in [4.69, 9.17) is 26.4 Å². The summed E-state index contributed by atoms with van der Waals surface area (Å²) in [5.41, 5.74) is 0. The Morgan fingerprint density at radius 2 is 2.00 bits per heavy atom. The van der Waals surface area contributed by atoms with Crippen LogP contribution in [0.2, 0.25) is 0 Å². The van der Waals surface area contributed by atoms with Gasteiger partial charge in [0.25, 0.3) is 0 Å². The molecule has 70 valence electrons. The second-order valence-corrected chi connectivity index (χ2v) is 2.23. The van der Waals surface area contributed by atoms with Crippen molar-refractivity contribution in [3.05, 3.63) is 12.0 Å². The molecule has 0 bridgehead atoms. The summed E-state index contributed by atoms with van der Waals surface area (Å²) in [6.07, 6.45) is 1.46. The fraction of sp³-hybridized carbons (Fsp3) is 0.625. The first kappa shape index (κ1) is 11.2. The maximum absolute atomic E-state index is 5.05. The summed E-state index contributed by atoms with van der Waals surface area (Å²) in [6, 6.07) is 0. The first-order valence-corrected chi connectivity index (χ1v) is 4.19. The van der Waals surface area contributed by atoms with Gasteiger partial charge in [0, 0.05) is 0 Å². The third-order valence-corrected chi connectivity index (χ3v) is 1.37. The summed E-state index contributed by atoms with van der Waals surface area (Å²) in [6.45, 7) is 4.86. The van der Waals surface area contributed by atoms with Gasteiger partial charge >= 0.3 is 0 Å². The number of hydrogen-bond acceptors (Lipinski definition) is 4. The molecule has 0 spiro atoms. The zero-order chi connectivity index (χ0) is 9.40. The van der Waals surface area contributed by atoms with Crippen LogP contribution in [-0.4, -0.2) is 25.4 Å². The van der Waals surface area contributed by atoms with Gasteiger partial charge in [0.1, 0.15) is 6.26 Å². The molecule has 0 saturated carbocycles. The maximum Gasteiger partial charge on any atom is 0.230 e. The van der Waals surface area contributed by atoms with E-state index in [1.807, 2.05) is 13.8 Å². The number of ether oxygens (including phenoxy) is 3. The van der Waals surface area contributed by atoms with E-state index in [1.165, 1.54) is 13.4 Å². The highest BCUT2D eigenvalue weighted by Crippen LogP contribution is 2.01. The molecule has 0 aliphatic rings. The van der Waals surface area contributed by atoms with E-state index in [0.29, 0.717) is 24.0 Å². The summed E-state index contributed by atoms with van der Waals surface area (Å²) in [7, 11) is 1.52. The zero-order valence-corrected chi connectivity index (χ0v) is 8.44. The van der Waals surface area contributed by atoms with E-state index in [1.54, 1.807) is 0 Å². The van der Waals surface area contributed by atoms with Crippen molar-refractivity contribution in [1.29, 1.82) is 0 Å². The van der Waals surface area contributed by atoms with Crippen molar-refractivity contribution in [2.75, 3.05) is 20.3 Å². The summed E-state index contributed by atoms with van der Waals surface area (Å²) >= 11 is 4.89. The second kappa shape index (κ2) is 6.91. The molecular weight excluding hydrogens is 176 g/mol. The average molecular weight is 190 g/mol. The van der Waals surface area contributed by atoms with Crippen LogP contribution in [0, 0.1) is 0 Å². The number of hydrogen-bond donors (Lipinski definition) is 0. The van der Waals surface area contributed by atoms with Gasteiger partial charge in [-0.05, 0) is 26.1 Å². The minimum atomic E-state index is 0.327. The topological polar surface area (TPSA) is 27.7 Å². The predicted octanol–water partition coefficient (Wildman–Crippen LogP) is 1.87. The molecule has 0 fully saturated rings. The average Bonchev–Trinajstić information content (AvgIpc) is 2.06. The van der Waals surface area contributed by atoms with Gasteiger partial charge in [0.15, 0.2) is 0 Å². The molecule has 3 nitrogen and oxygen atoms in total. The molecule has 0 amide bonds. The van der Waals surface area contributed by atoms with E-state index in [-0.39, 0.29) is 0 Å². The van der Waals surface area contributed by atoms with Gasteiger partial charge in [-0.25, -0.2) is 0 Å². The molecule has 0 aliphatic heterocycles. The van der Waals surface area contributed by atoms with Crippen molar-refractivity contribution in [3.8, 4) is 0 Å². The lowest BCUT2D eigenvalue weighted by molar-refractivity contribution is 0.220. The van der Waals surface area contributed by atoms with E-state index >= 15 is 0 Å². The molecule has 0 saturated heterocycles. The van der Waals surface area contributed by atoms with Gasteiger partial charge in [-0.2, -0.15) is 0 Å². The van der Waals surface area contributed by atoms with Crippen LogP contribution in [0.5, 0.6) is 0 Å². The number of rotatable bonds is 5. The van der Waals surface area contributed by atoms with Crippen LogP contribution in [0.3, 0.4) is 0 Å². The first-order valence-electron chi connectivity index (χ1n) is 3.79. The lowest BCUT2D eigenvalue weighted by Crippen LogP contribution is -2.07. The number of thiocarbonyl (C=S) groups is 1. The molecule has 0 aromatic carbocycles. The van der Waals surface area contributed by atoms with Crippen LogP contribution >= 0.6 is 12.2 Å². The van der Waals surface area contributed by atoms with Crippen LogP contribution < -0.4 is 0 Å². The van der Waals surface area contributed by atoms with Crippen molar-refractivity contribution in [3.63, 3.8) is 0 Å². The third kappa shape index (κ3) is 4.18. The van der Waals surface area contributed by atoms with Gasteiger partial charge in [0.05, 0.1) is 20.3 Å². The van der Waals surface area contributed by atoms with Crippen LogP contribution in [0.4, 0.5) is 0 Å². The molecular formula is C8H14O3S. The summed E-state index contributed by atoms with van der Waals surface area (Å²) in [5, 5.41) is 0.327. The first-order chi connectivity index (χ1) is 5.76. The van der Waals surface area contributed by atoms with Crippen molar-refractivity contribution in [2.24, 2.45) is 0 Å². The minimum absolute atomic E-state index is 0.327. The Balaban J connectivity index is 4.04. The Hall–Kier alpha value is -0.770. The highest BCUT2D eigenvalue weighted by atomic mass is 32.1. The van der Waals surface area contributed by atoms with Gasteiger partial charge in [-0.1, -0.05) is 0 Å². The Kier molecular flexibility index (Phi) is 6.47. The Bertz CT molecular complexity index is 166. The SMILES string of the molecule is CCOC=C(OC)C(=S)OCC. The van der Waals surface area contributed by atoms with Crippen LogP contribution in [0.25, 0.3) is 0 Å². The zero-order valence-electron chi connectivity index (χ0n) is 7.62. The minimum Gasteiger partial charge on any atom is -0.497 e. The molecule has 0 aromatic rings. The van der Waals surface area contributed by atoms with Gasteiger partial charge < -0.3 is 14.2 Å². The fourth-order valence-corrected chi connectivity index (χ4v) is 0.790. The predicted molar refractivity (Wildman–Crippen MR) is 50.9 cm³/mol. The monoisotopic (exact) mass is 190 g/mol. The van der Waals surface area contributed by atoms with Crippen LogP contribution in [0.15, 0.2) is 12.0 Å². The molecule has 0 heterocycles. The maximum atomic E-state index is 5.05. The molecule has 12 heavy (non-hydrogen) atoms. The standard InChI is InChI=1S/C8H14O3S/c1-4-10-6-7(9-3)8(12)11-5-2/h6H,4-5H2,1-3H3. The van der Waals surface area contributed by atoms with Crippen molar-refractivity contribution in [1.82, 2.24) is 0 Å². The van der Waals surface area contributed by atoms with Crippen molar-refractivity contribution in [2.45, 2.75) is 13.8 Å². The Morgan fingerprint density at radius 1 is 1.33 bits per heavy atom. The second-order valence-electron chi connectivity index (χ2n) is 1.86. The van der Waals surface area contributed by atoms with E-state index in [0.717, 1.165) is 0 Å². The molecule has 0 N–H and O–H groups in total. The van der Waals surface area contributed by atoms with Gasteiger partial charge in [-0.3, -0.25) is 0 Å². The van der Waals surface area contributed by atoms with E-state index in [2.05, 4.69) is 0 Å². The molecule has 0 aliphatic carbocycles. The van der Waals surface area contributed by atoms with Gasteiger partial charge in [-0.15, -0.1) is 0 Å². The van der Waals surface area contributed by atoms with Gasteiger partial charge in [0.2, 0.25) is 10.8 Å². The third-order valence-electron chi connectivity index (χ3n) is 1.05. The smallest absolute Gasteiger partial charge is 0.230 e. The molecule has 0 rings (SSSR count). The van der Waals surface area contributed by atoms with Crippen molar-refractivity contribution < 1.29 is 14.2 Å². The molecule has 0 radical (unpaired) electrons. The van der Waals surface area contributed by atoms with Crippen molar-refractivity contribution >= 4 is 17.3 Å². The van der Waals surface area contributed by atoms with E-state index in [9.17, 15) is 0 Å². The fourth-order valence-electron chi connectivity index (χ4n) is 0.541. The summed E-state index contributed by atoms with van der Waals surface area (Å²) in [4.78, 5) is 0. The highest BCUT2D eigenvalue weighted by molar-refractivity contribution is 7.80. The highest BCUT2D eigenvalue weighted by Gasteiger charge is 2.05. The van der Waals surface area contributed by atoms with Crippen LogP contribution in [0.1, 0.15) is 13.8 Å². The lowest BCUT2D eigenvalue weighted by atomic mass is 10.6. The lowest BCUT2D eigenvalue weighted by Gasteiger charge is -2.07. The Labute approximate surface area is 78.3 Å². The molecule has 4 heteroatoms. The summed E-state index contributed by atoms with van der Waals surface area (Å²) < 4.78 is 15.0. The molecule has 0 unspecified atom stereocenters. The van der Waals surface area contributed by atoms with Crippen LogP contribution in [-0.2, 0) is 14.2 Å². The van der Waals surface area contributed by atoms with E-state index < -0.39 is 0 Å². The normalized spacial score (nSPS) is 10.8. The molecule has 0 atom stereocenters. The quantitative estimate of drug-likeness (QED) is 0.376. The Morgan fingerprint density at radius 3 is 2.42 bits per heavy atom. The largest absolute Gasteiger partial charge is 0.497 e.